The minimum atomic E-state index is -0.0402. The van der Waals surface area contributed by atoms with Crippen LogP contribution in [0.5, 0.6) is 5.75 Å². The molecule has 1 aromatic carbocycles. The van der Waals surface area contributed by atoms with Crippen molar-refractivity contribution in [1.82, 2.24) is 5.32 Å². The van der Waals surface area contributed by atoms with E-state index in [4.69, 9.17) is 4.74 Å². The van der Waals surface area contributed by atoms with Crippen LogP contribution >= 0.6 is 0 Å². The first-order valence-corrected chi connectivity index (χ1v) is 6.74. The van der Waals surface area contributed by atoms with Crippen LogP contribution in [0.3, 0.4) is 0 Å². The zero-order valence-corrected chi connectivity index (χ0v) is 10.7. The molecule has 1 unspecified atom stereocenters. The number of fused-ring (bicyclic) bond motifs is 1. The molecule has 1 amide bonds. The lowest BCUT2D eigenvalue weighted by molar-refractivity contribution is -0.120. The third-order valence-electron chi connectivity index (χ3n) is 4.09. The number of para-hydroxylation sites is 1. The Labute approximate surface area is 108 Å². The monoisotopic (exact) mass is 245 g/mol. The maximum absolute atomic E-state index is 11.4. The molecule has 1 atom stereocenters. The minimum Gasteiger partial charge on any atom is -0.487 e. The van der Waals surface area contributed by atoms with Crippen molar-refractivity contribution in [3.8, 4) is 5.75 Å². The normalized spacial score (nSPS) is 24.4. The number of rotatable bonds is 1. The summed E-state index contributed by atoms with van der Waals surface area (Å²) in [6, 6.07) is 8.17. The van der Waals surface area contributed by atoms with E-state index in [-0.39, 0.29) is 17.6 Å². The Morgan fingerprint density at radius 1 is 1.33 bits per heavy atom. The molecular formula is C15H19NO2. The average Bonchev–Trinajstić information content (AvgIpc) is 2.76. The molecule has 0 bridgehead atoms. The van der Waals surface area contributed by atoms with E-state index in [9.17, 15) is 4.79 Å². The van der Waals surface area contributed by atoms with Crippen molar-refractivity contribution in [1.29, 1.82) is 0 Å². The highest BCUT2D eigenvalue weighted by Crippen LogP contribution is 2.46. The molecule has 3 rings (SSSR count). The Morgan fingerprint density at radius 3 is 2.78 bits per heavy atom. The number of hydrogen-bond donors (Lipinski definition) is 1. The Kier molecular flexibility index (Phi) is 2.77. The second kappa shape index (κ2) is 4.30. The van der Waals surface area contributed by atoms with Crippen molar-refractivity contribution in [3.05, 3.63) is 29.8 Å². The maximum atomic E-state index is 11.4. The Morgan fingerprint density at radius 2 is 2.06 bits per heavy atom. The molecule has 1 N–H and O–H groups in total. The number of amides is 1. The fraction of sp³-hybridized carbons (Fsp3) is 0.533. The van der Waals surface area contributed by atoms with Crippen LogP contribution in [-0.2, 0) is 4.79 Å². The molecule has 1 spiro atoms. The molecule has 1 saturated carbocycles. The summed E-state index contributed by atoms with van der Waals surface area (Å²) in [6.07, 6.45) is 5.59. The molecule has 1 fully saturated rings. The van der Waals surface area contributed by atoms with Crippen molar-refractivity contribution < 1.29 is 9.53 Å². The summed E-state index contributed by atoms with van der Waals surface area (Å²) in [4.78, 5) is 11.4. The zero-order valence-electron chi connectivity index (χ0n) is 10.7. The molecule has 1 heterocycles. The van der Waals surface area contributed by atoms with Crippen LogP contribution in [0.4, 0.5) is 0 Å². The standard InChI is InChI=1S/C15H19NO2/c1-11(17)16-13-10-15(8-4-5-9-15)18-14-7-3-2-6-12(13)14/h2-3,6-7,13H,4-5,8-10H2,1H3,(H,16,17). The number of hydrogen-bond acceptors (Lipinski definition) is 2. The fourth-order valence-corrected chi connectivity index (χ4v) is 3.32. The predicted octanol–water partition coefficient (Wildman–Crippen LogP) is 2.96. The van der Waals surface area contributed by atoms with E-state index in [2.05, 4.69) is 11.4 Å². The summed E-state index contributed by atoms with van der Waals surface area (Å²) in [5.74, 6) is 0.981. The summed E-state index contributed by atoms with van der Waals surface area (Å²) >= 11 is 0. The lowest BCUT2D eigenvalue weighted by Crippen LogP contribution is -2.43. The van der Waals surface area contributed by atoms with Crippen molar-refractivity contribution in [3.63, 3.8) is 0 Å². The third kappa shape index (κ3) is 1.98. The van der Waals surface area contributed by atoms with Gasteiger partial charge in [0.25, 0.3) is 0 Å². The molecule has 1 aromatic rings. The maximum Gasteiger partial charge on any atom is 0.217 e. The van der Waals surface area contributed by atoms with Crippen molar-refractivity contribution >= 4 is 5.91 Å². The lowest BCUT2D eigenvalue weighted by Gasteiger charge is -2.40. The molecule has 2 aliphatic rings. The van der Waals surface area contributed by atoms with E-state index in [0.29, 0.717) is 0 Å². The van der Waals surface area contributed by atoms with Crippen LogP contribution in [0.15, 0.2) is 24.3 Å². The number of benzene rings is 1. The van der Waals surface area contributed by atoms with Gasteiger partial charge in [0.15, 0.2) is 0 Å². The van der Waals surface area contributed by atoms with Gasteiger partial charge in [-0.15, -0.1) is 0 Å². The van der Waals surface area contributed by atoms with Crippen molar-refractivity contribution in [2.75, 3.05) is 0 Å². The largest absolute Gasteiger partial charge is 0.487 e. The van der Waals surface area contributed by atoms with E-state index in [1.54, 1.807) is 6.92 Å². The fourth-order valence-electron chi connectivity index (χ4n) is 3.32. The second-order valence-corrected chi connectivity index (χ2v) is 5.49. The molecule has 3 nitrogen and oxygen atoms in total. The number of ether oxygens (including phenoxy) is 1. The van der Waals surface area contributed by atoms with Gasteiger partial charge in [0.1, 0.15) is 11.4 Å². The van der Waals surface area contributed by atoms with Crippen LogP contribution in [0, 0.1) is 0 Å². The molecular weight excluding hydrogens is 226 g/mol. The minimum absolute atomic E-state index is 0.0323. The Bertz CT molecular complexity index is 463. The van der Waals surface area contributed by atoms with Crippen LogP contribution < -0.4 is 10.1 Å². The molecule has 18 heavy (non-hydrogen) atoms. The highest BCUT2D eigenvalue weighted by Gasteiger charge is 2.43. The summed E-state index contributed by atoms with van der Waals surface area (Å²) in [7, 11) is 0. The molecule has 3 heteroatoms. The smallest absolute Gasteiger partial charge is 0.217 e. The summed E-state index contributed by atoms with van der Waals surface area (Å²) < 4.78 is 6.24. The van der Waals surface area contributed by atoms with Gasteiger partial charge in [-0.25, -0.2) is 0 Å². The number of carbonyl (C=O) groups is 1. The quantitative estimate of drug-likeness (QED) is 0.826. The molecule has 0 saturated heterocycles. The number of carbonyl (C=O) groups excluding carboxylic acids is 1. The van der Waals surface area contributed by atoms with Gasteiger partial charge in [-0.2, -0.15) is 0 Å². The second-order valence-electron chi connectivity index (χ2n) is 5.49. The van der Waals surface area contributed by atoms with Crippen LogP contribution in [0.25, 0.3) is 0 Å². The molecule has 0 aromatic heterocycles. The van der Waals surface area contributed by atoms with E-state index < -0.39 is 0 Å². The van der Waals surface area contributed by atoms with Gasteiger partial charge in [-0.05, 0) is 31.7 Å². The van der Waals surface area contributed by atoms with Crippen LogP contribution in [0.2, 0.25) is 0 Å². The Hall–Kier alpha value is -1.51. The Balaban J connectivity index is 1.95. The van der Waals surface area contributed by atoms with Gasteiger partial charge >= 0.3 is 0 Å². The van der Waals surface area contributed by atoms with Gasteiger partial charge in [-0.3, -0.25) is 4.79 Å². The van der Waals surface area contributed by atoms with Crippen molar-refractivity contribution in [2.45, 2.75) is 50.7 Å². The SMILES string of the molecule is CC(=O)NC1CC2(CCCC2)Oc2ccccc21. The predicted molar refractivity (Wildman–Crippen MR) is 69.4 cm³/mol. The highest BCUT2D eigenvalue weighted by atomic mass is 16.5. The van der Waals surface area contributed by atoms with Gasteiger partial charge in [0.05, 0.1) is 6.04 Å². The highest BCUT2D eigenvalue weighted by molar-refractivity contribution is 5.73. The topological polar surface area (TPSA) is 38.3 Å². The molecule has 1 aliphatic heterocycles. The van der Waals surface area contributed by atoms with Gasteiger partial charge in [-0.1, -0.05) is 18.2 Å². The van der Waals surface area contributed by atoms with Crippen molar-refractivity contribution in [2.24, 2.45) is 0 Å². The van der Waals surface area contributed by atoms with E-state index in [1.807, 2.05) is 18.2 Å². The van der Waals surface area contributed by atoms with Crippen LogP contribution in [-0.4, -0.2) is 11.5 Å². The molecule has 1 aliphatic carbocycles. The van der Waals surface area contributed by atoms with Crippen LogP contribution in [0.1, 0.15) is 50.6 Å². The molecule has 96 valence electrons. The van der Waals surface area contributed by atoms with E-state index >= 15 is 0 Å². The summed E-state index contributed by atoms with van der Waals surface area (Å²) in [6.45, 7) is 1.58. The third-order valence-corrected chi connectivity index (χ3v) is 4.09. The average molecular weight is 245 g/mol. The first-order valence-electron chi connectivity index (χ1n) is 6.74. The van der Waals surface area contributed by atoms with Gasteiger partial charge in [0, 0.05) is 18.9 Å². The summed E-state index contributed by atoms with van der Waals surface area (Å²) in [5, 5.41) is 3.07. The van der Waals surface area contributed by atoms with Gasteiger partial charge < -0.3 is 10.1 Å². The summed E-state index contributed by atoms with van der Waals surface area (Å²) in [5.41, 5.74) is 1.08. The zero-order chi connectivity index (χ0) is 12.6. The number of nitrogens with one attached hydrogen (secondary N) is 1. The lowest BCUT2D eigenvalue weighted by atomic mass is 9.86. The first kappa shape index (κ1) is 11.6. The van der Waals surface area contributed by atoms with E-state index in [1.165, 1.54) is 12.8 Å². The molecule has 0 radical (unpaired) electrons. The first-order chi connectivity index (χ1) is 8.69. The van der Waals surface area contributed by atoms with Gasteiger partial charge in [0.2, 0.25) is 5.91 Å². The van der Waals surface area contributed by atoms with E-state index in [0.717, 1.165) is 30.6 Å².